The lowest BCUT2D eigenvalue weighted by Crippen LogP contribution is -2.00. The number of carboxylic acid groups (broad SMARTS) is 1. The molecule has 0 spiro atoms. The SMILES string of the molecule is Nc1c(F)ccc(C(=O)O)c1O. The molecule has 4 nitrogen and oxygen atoms in total. The topological polar surface area (TPSA) is 83.6 Å². The summed E-state index contributed by atoms with van der Waals surface area (Å²) in [6, 6.07) is 1.84. The van der Waals surface area contributed by atoms with Gasteiger partial charge >= 0.3 is 5.97 Å². The highest BCUT2D eigenvalue weighted by molar-refractivity contribution is 5.92. The van der Waals surface area contributed by atoms with Gasteiger partial charge in [0, 0.05) is 0 Å². The molecular weight excluding hydrogens is 165 g/mol. The molecule has 0 aliphatic rings. The maximum atomic E-state index is 12.5. The monoisotopic (exact) mass is 171 g/mol. The molecule has 0 saturated carbocycles. The zero-order chi connectivity index (χ0) is 9.30. The molecule has 12 heavy (non-hydrogen) atoms. The summed E-state index contributed by atoms with van der Waals surface area (Å²) in [6.07, 6.45) is 0. The number of anilines is 1. The molecule has 64 valence electrons. The van der Waals surface area contributed by atoms with Crippen molar-refractivity contribution in [2.75, 3.05) is 5.73 Å². The quantitative estimate of drug-likeness (QED) is 0.431. The fraction of sp³-hybridized carbons (Fsp3) is 0. The normalized spacial score (nSPS) is 9.75. The van der Waals surface area contributed by atoms with E-state index in [0.717, 1.165) is 12.1 Å². The lowest BCUT2D eigenvalue weighted by molar-refractivity contribution is 0.0694. The number of halogens is 1. The summed E-state index contributed by atoms with van der Waals surface area (Å²) in [6.45, 7) is 0. The van der Waals surface area contributed by atoms with Crippen LogP contribution >= 0.6 is 0 Å². The number of aromatic carboxylic acids is 1. The molecule has 0 radical (unpaired) electrons. The Hall–Kier alpha value is -1.78. The Morgan fingerprint density at radius 1 is 1.50 bits per heavy atom. The van der Waals surface area contributed by atoms with Gasteiger partial charge in [0.1, 0.15) is 17.1 Å². The zero-order valence-electron chi connectivity index (χ0n) is 5.91. The molecule has 0 amide bonds. The first kappa shape index (κ1) is 8.32. The molecule has 0 atom stereocenters. The van der Waals surface area contributed by atoms with Crippen LogP contribution in [0.3, 0.4) is 0 Å². The van der Waals surface area contributed by atoms with Crippen molar-refractivity contribution in [3.05, 3.63) is 23.5 Å². The lowest BCUT2D eigenvalue weighted by Gasteiger charge is -2.02. The van der Waals surface area contributed by atoms with Crippen LogP contribution in [0.25, 0.3) is 0 Å². The summed E-state index contributed by atoms with van der Waals surface area (Å²) in [7, 11) is 0. The van der Waals surface area contributed by atoms with Crippen LogP contribution < -0.4 is 5.73 Å². The fourth-order valence-electron chi connectivity index (χ4n) is 0.756. The molecular formula is C7H6FNO3. The van der Waals surface area contributed by atoms with Crippen molar-refractivity contribution in [3.8, 4) is 5.75 Å². The largest absolute Gasteiger partial charge is 0.505 e. The van der Waals surface area contributed by atoms with Crippen molar-refractivity contribution < 1.29 is 19.4 Å². The number of hydrogen-bond acceptors (Lipinski definition) is 3. The highest BCUT2D eigenvalue weighted by atomic mass is 19.1. The van der Waals surface area contributed by atoms with Gasteiger partial charge in [-0.15, -0.1) is 0 Å². The van der Waals surface area contributed by atoms with Gasteiger partial charge in [0.15, 0.2) is 5.75 Å². The molecule has 1 aromatic carbocycles. The minimum Gasteiger partial charge on any atom is -0.505 e. The van der Waals surface area contributed by atoms with Crippen LogP contribution in [0.15, 0.2) is 12.1 Å². The van der Waals surface area contributed by atoms with Gasteiger partial charge in [0.05, 0.1) is 0 Å². The molecule has 1 rings (SSSR count). The van der Waals surface area contributed by atoms with E-state index in [0.29, 0.717) is 0 Å². The van der Waals surface area contributed by atoms with Crippen molar-refractivity contribution in [2.24, 2.45) is 0 Å². The second-order valence-electron chi connectivity index (χ2n) is 2.16. The molecule has 0 bridgehead atoms. The van der Waals surface area contributed by atoms with Gasteiger partial charge in [0.25, 0.3) is 0 Å². The van der Waals surface area contributed by atoms with Gasteiger partial charge in [-0.05, 0) is 12.1 Å². The Labute approximate surface area is 67.1 Å². The number of carboxylic acids is 1. The minimum atomic E-state index is -1.35. The van der Waals surface area contributed by atoms with E-state index >= 15 is 0 Å². The molecule has 4 N–H and O–H groups in total. The minimum absolute atomic E-state index is 0.408. The third kappa shape index (κ3) is 1.16. The number of rotatable bonds is 1. The summed E-state index contributed by atoms with van der Waals surface area (Å²) in [5.74, 6) is -2.92. The number of aromatic hydroxyl groups is 1. The van der Waals surface area contributed by atoms with E-state index in [9.17, 15) is 9.18 Å². The molecule has 0 heterocycles. The van der Waals surface area contributed by atoms with E-state index in [2.05, 4.69) is 0 Å². The van der Waals surface area contributed by atoms with Gasteiger partial charge in [0.2, 0.25) is 0 Å². The highest BCUT2D eigenvalue weighted by Gasteiger charge is 2.14. The third-order valence-corrected chi connectivity index (χ3v) is 1.39. The number of hydrogen-bond donors (Lipinski definition) is 3. The van der Waals surface area contributed by atoms with Crippen LogP contribution in [-0.4, -0.2) is 16.2 Å². The summed E-state index contributed by atoms with van der Waals surface area (Å²) in [5, 5.41) is 17.4. The van der Waals surface area contributed by atoms with Gasteiger partial charge in [-0.25, -0.2) is 9.18 Å². The fourth-order valence-corrected chi connectivity index (χ4v) is 0.756. The predicted molar refractivity (Wildman–Crippen MR) is 39.4 cm³/mol. The Bertz CT molecular complexity index is 338. The van der Waals surface area contributed by atoms with Gasteiger partial charge in [-0.1, -0.05) is 0 Å². The number of phenols is 1. The molecule has 1 aromatic rings. The van der Waals surface area contributed by atoms with E-state index in [4.69, 9.17) is 15.9 Å². The molecule has 0 aliphatic carbocycles. The standard InChI is InChI=1S/C7H6FNO3/c8-4-2-1-3(7(11)12)6(10)5(4)9/h1-2,10H,9H2,(H,11,12). The van der Waals surface area contributed by atoms with Crippen molar-refractivity contribution in [3.63, 3.8) is 0 Å². The van der Waals surface area contributed by atoms with Crippen molar-refractivity contribution in [1.82, 2.24) is 0 Å². The van der Waals surface area contributed by atoms with Crippen molar-refractivity contribution in [1.29, 1.82) is 0 Å². The van der Waals surface area contributed by atoms with Crippen LogP contribution in [-0.2, 0) is 0 Å². The number of nitrogen functional groups attached to an aromatic ring is 1. The number of benzene rings is 1. The Morgan fingerprint density at radius 2 is 2.08 bits per heavy atom. The van der Waals surface area contributed by atoms with E-state index in [-0.39, 0.29) is 0 Å². The van der Waals surface area contributed by atoms with E-state index in [1.54, 1.807) is 0 Å². The maximum absolute atomic E-state index is 12.5. The summed E-state index contributed by atoms with van der Waals surface area (Å²) >= 11 is 0. The first-order valence-corrected chi connectivity index (χ1v) is 3.04. The molecule has 0 unspecified atom stereocenters. The Morgan fingerprint density at radius 3 is 2.58 bits per heavy atom. The van der Waals surface area contributed by atoms with E-state index in [1.807, 2.05) is 0 Å². The second kappa shape index (κ2) is 2.69. The first-order valence-electron chi connectivity index (χ1n) is 3.04. The molecule has 0 fully saturated rings. The summed E-state index contributed by atoms with van der Waals surface area (Å²) in [4.78, 5) is 10.3. The van der Waals surface area contributed by atoms with E-state index in [1.165, 1.54) is 0 Å². The Kier molecular flexibility index (Phi) is 1.86. The average Bonchev–Trinajstić information content (AvgIpc) is 2.00. The lowest BCUT2D eigenvalue weighted by atomic mass is 10.1. The van der Waals surface area contributed by atoms with Gasteiger partial charge < -0.3 is 15.9 Å². The van der Waals surface area contributed by atoms with Crippen LogP contribution in [0.1, 0.15) is 10.4 Å². The molecule has 0 aliphatic heterocycles. The van der Waals surface area contributed by atoms with Crippen LogP contribution in [0, 0.1) is 5.82 Å². The summed E-state index contributed by atoms with van der Waals surface area (Å²) < 4.78 is 12.5. The average molecular weight is 171 g/mol. The molecule has 0 aromatic heterocycles. The molecule has 5 heteroatoms. The summed E-state index contributed by atoms with van der Waals surface area (Å²) in [5.41, 5.74) is 4.08. The van der Waals surface area contributed by atoms with Crippen LogP contribution in [0.2, 0.25) is 0 Å². The Balaban J connectivity index is 3.36. The van der Waals surface area contributed by atoms with E-state index < -0.39 is 28.8 Å². The smallest absolute Gasteiger partial charge is 0.339 e. The van der Waals surface area contributed by atoms with Crippen LogP contribution in [0.4, 0.5) is 10.1 Å². The predicted octanol–water partition coefficient (Wildman–Crippen LogP) is 0.812. The number of nitrogens with two attached hydrogens (primary N) is 1. The number of carbonyl (C=O) groups is 1. The van der Waals surface area contributed by atoms with Gasteiger partial charge in [-0.2, -0.15) is 0 Å². The van der Waals surface area contributed by atoms with Crippen molar-refractivity contribution in [2.45, 2.75) is 0 Å². The zero-order valence-corrected chi connectivity index (χ0v) is 5.91. The van der Waals surface area contributed by atoms with Crippen molar-refractivity contribution >= 4 is 11.7 Å². The molecule has 0 saturated heterocycles. The maximum Gasteiger partial charge on any atom is 0.339 e. The van der Waals surface area contributed by atoms with Gasteiger partial charge in [-0.3, -0.25) is 0 Å². The third-order valence-electron chi connectivity index (χ3n) is 1.39. The second-order valence-corrected chi connectivity index (χ2v) is 2.16. The van der Waals surface area contributed by atoms with Crippen LogP contribution in [0.5, 0.6) is 5.75 Å². The highest BCUT2D eigenvalue weighted by Crippen LogP contribution is 2.27. The first-order chi connectivity index (χ1) is 5.54.